The molecule has 1 N–H and O–H groups in total. The van der Waals surface area contributed by atoms with Crippen LogP contribution in [-0.2, 0) is 11.3 Å². The number of hydrogen-bond donors (Lipinski definition) is 1. The molecule has 0 bridgehead atoms. The molecule has 2 heterocycles. The smallest absolute Gasteiger partial charge is 0.269 e. The molecule has 3 rings (SSSR count). The summed E-state index contributed by atoms with van der Waals surface area (Å²) in [7, 11) is 0. The molecule has 0 radical (unpaired) electrons. The van der Waals surface area contributed by atoms with E-state index in [0.717, 1.165) is 4.57 Å². The second-order valence-electron chi connectivity index (χ2n) is 5.52. The molecule has 0 saturated heterocycles. The summed E-state index contributed by atoms with van der Waals surface area (Å²) < 4.78 is 6.33. The number of non-ortho nitro benzene ring substituents is 1. The van der Waals surface area contributed by atoms with Crippen molar-refractivity contribution in [2.24, 2.45) is 0 Å². The van der Waals surface area contributed by atoms with Gasteiger partial charge in [0.25, 0.3) is 11.2 Å². The number of rotatable bonds is 5. The summed E-state index contributed by atoms with van der Waals surface area (Å²) in [6.45, 7) is 1.41. The third kappa shape index (κ3) is 3.66. The zero-order valence-electron chi connectivity index (χ0n) is 13.7. The largest absolute Gasteiger partial charge is 0.463 e. The Morgan fingerprint density at radius 2 is 2.15 bits per heavy atom. The van der Waals surface area contributed by atoms with Crippen molar-refractivity contribution in [2.45, 2.75) is 13.5 Å². The van der Waals surface area contributed by atoms with Gasteiger partial charge in [0.1, 0.15) is 12.2 Å². The number of nitro groups is 1. The fourth-order valence-electron chi connectivity index (χ4n) is 2.35. The van der Waals surface area contributed by atoms with Crippen molar-refractivity contribution >= 4 is 17.3 Å². The Morgan fingerprint density at radius 3 is 2.77 bits per heavy atom. The number of nitro benzene ring substituents is 1. The maximum Gasteiger partial charge on any atom is 0.269 e. The molecule has 0 aliphatic rings. The van der Waals surface area contributed by atoms with Gasteiger partial charge in [-0.05, 0) is 30.7 Å². The second kappa shape index (κ2) is 7.01. The van der Waals surface area contributed by atoms with Crippen LogP contribution in [0.5, 0.6) is 0 Å². The van der Waals surface area contributed by atoms with Gasteiger partial charge in [0, 0.05) is 23.9 Å². The summed E-state index contributed by atoms with van der Waals surface area (Å²) in [5, 5.41) is 13.4. The molecule has 1 amide bonds. The van der Waals surface area contributed by atoms with Crippen LogP contribution in [0.25, 0.3) is 11.5 Å². The van der Waals surface area contributed by atoms with Crippen LogP contribution in [0.4, 0.5) is 11.4 Å². The second-order valence-corrected chi connectivity index (χ2v) is 5.52. The van der Waals surface area contributed by atoms with Crippen molar-refractivity contribution in [1.29, 1.82) is 0 Å². The Labute approximate surface area is 147 Å². The molecule has 0 saturated carbocycles. The zero-order chi connectivity index (χ0) is 18.7. The Hall–Kier alpha value is -3.75. The monoisotopic (exact) mass is 354 g/mol. The minimum absolute atomic E-state index is 0.0607. The van der Waals surface area contributed by atoms with Gasteiger partial charge >= 0.3 is 0 Å². The van der Waals surface area contributed by atoms with Crippen LogP contribution >= 0.6 is 0 Å². The van der Waals surface area contributed by atoms with Gasteiger partial charge in [-0.15, -0.1) is 0 Å². The van der Waals surface area contributed by atoms with E-state index < -0.39 is 16.4 Å². The molecular formula is C17H14N4O5. The van der Waals surface area contributed by atoms with Gasteiger partial charge in [-0.2, -0.15) is 0 Å². The number of benzene rings is 1. The van der Waals surface area contributed by atoms with Gasteiger partial charge in [0.2, 0.25) is 5.91 Å². The fourth-order valence-corrected chi connectivity index (χ4v) is 2.35. The number of aryl methyl sites for hydroxylation is 1. The van der Waals surface area contributed by atoms with Crippen molar-refractivity contribution in [1.82, 2.24) is 9.55 Å². The maximum atomic E-state index is 12.2. The molecule has 9 heteroatoms. The normalized spacial score (nSPS) is 10.5. The predicted octanol–water partition coefficient (Wildman–Crippen LogP) is 2.36. The third-order valence-corrected chi connectivity index (χ3v) is 3.66. The molecule has 3 aromatic rings. The van der Waals surface area contributed by atoms with Crippen LogP contribution in [0.2, 0.25) is 0 Å². The SMILES string of the molecule is Cc1cc([N+](=O)[O-])ccc1NC(=O)Cn1cnc(-c2ccco2)cc1=O. The van der Waals surface area contributed by atoms with Crippen LogP contribution < -0.4 is 10.9 Å². The van der Waals surface area contributed by atoms with E-state index in [1.807, 2.05) is 0 Å². The summed E-state index contributed by atoms with van der Waals surface area (Å²) in [6.07, 6.45) is 2.74. The highest BCUT2D eigenvalue weighted by Crippen LogP contribution is 2.21. The first-order valence-electron chi connectivity index (χ1n) is 7.59. The summed E-state index contributed by atoms with van der Waals surface area (Å²) in [4.78, 5) is 38.6. The average molecular weight is 354 g/mol. The molecule has 26 heavy (non-hydrogen) atoms. The van der Waals surface area contributed by atoms with Crippen LogP contribution in [0.3, 0.4) is 0 Å². The van der Waals surface area contributed by atoms with Crippen molar-refractivity contribution in [3.05, 3.63) is 75.0 Å². The lowest BCUT2D eigenvalue weighted by Crippen LogP contribution is -2.27. The number of aromatic nitrogens is 2. The van der Waals surface area contributed by atoms with Crippen molar-refractivity contribution in [2.75, 3.05) is 5.32 Å². The third-order valence-electron chi connectivity index (χ3n) is 3.66. The molecule has 2 aromatic heterocycles. The molecule has 9 nitrogen and oxygen atoms in total. The fraction of sp³-hybridized carbons (Fsp3) is 0.118. The molecule has 0 atom stereocenters. The Kier molecular flexibility index (Phi) is 4.61. The molecular weight excluding hydrogens is 340 g/mol. The highest BCUT2D eigenvalue weighted by Gasteiger charge is 2.12. The van der Waals surface area contributed by atoms with Gasteiger partial charge in [0.05, 0.1) is 17.5 Å². The van der Waals surface area contributed by atoms with Crippen LogP contribution in [0.1, 0.15) is 5.56 Å². The van der Waals surface area contributed by atoms with E-state index in [2.05, 4.69) is 10.3 Å². The average Bonchev–Trinajstić information content (AvgIpc) is 3.13. The van der Waals surface area contributed by atoms with Gasteiger partial charge in [-0.25, -0.2) is 4.98 Å². The van der Waals surface area contributed by atoms with E-state index in [1.165, 1.54) is 36.9 Å². The lowest BCUT2D eigenvalue weighted by molar-refractivity contribution is -0.384. The minimum atomic E-state index is -0.510. The lowest BCUT2D eigenvalue weighted by atomic mass is 10.2. The van der Waals surface area contributed by atoms with Gasteiger partial charge in [0.15, 0.2) is 5.76 Å². The Morgan fingerprint density at radius 1 is 1.35 bits per heavy atom. The van der Waals surface area contributed by atoms with E-state index in [9.17, 15) is 19.7 Å². The van der Waals surface area contributed by atoms with E-state index in [0.29, 0.717) is 22.7 Å². The number of furan rings is 1. The first-order valence-corrected chi connectivity index (χ1v) is 7.59. The van der Waals surface area contributed by atoms with E-state index >= 15 is 0 Å². The van der Waals surface area contributed by atoms with Crippen molar-refractivity contribution < 1.29 is 14.1 Å². The summed E-state index contributed by atoms with van der Waals surface area (Å²) in [5.41, 5.74) is 0.902. The number of nitrogens with one attached hydrogen (secondary N) is 1. The molecule has 132 valence electrons. The number of carbonyl (C=O) groups excluding carboxylic acids is 1. The summed E-state index contributed by atoms with van der Waals surface area (Å²) >= 11 is 0. The number of anilines is 1. The standard InChI is InChI=1S/C17H14N4O5/c1-11-7-12(21(24)25)4-5-13(11)19-16(22)9-20-10-18-14(8-17(20)23)15-3-2-6-26-15/h2-8,10H,9H2,1H3,(H,19,22). The van der Waals surface area contributed by atoms with Crippen molar-refractivity contribution in [3.8, 4) is 11.5 Å². The van der Waals surface area contributed by atoms with Gasteiger partial charge < -0.3 is 9.73 Å². The number of nitrogens with zero attached hydrogens (tertiary/aromatic N) is 3. The van der Waals surface area contributed by atoms with Crippen LogP contribution in [-0.4, -0.2) is 20.4 Å². The Bertz CT molecular complexity index is 1020. The molecule has 1 aromatic carbocycles. The topological polar surface area (TPSA) is 120 Å². The molecule has 0 unspecified atom stereocenters. The molecule has 0 aliphatic heterocycles. The first kappa shape index (κ1) is 17.1. The molecule has 0 spiro atoms. The lowest BCUT2D eigenvalue weighted by Gasteiger charge is -2.09. The van der Waals surface area contributed by atoms with E-state index in [-0.39, 0.29) is 12.2 Å². The highest BCUT2D eigenvalue weighted by molar-refractivity contribution is 5.91. The van der Waals surface area contributed by atoms with Crippen molar-refractivity contribution in [3.63, 3.8) is 0 Å². The molecule has 0 aliphatic carbocycles. The Balaban J connectivity index is 1.72. The zero-order valence-corrected chi connectivity index (χ0v) is 13.7. The molecule has 0 fully saturated rings. The summed E-state index contributed by atoms with van der Waals surface area (Å²) in [6, 6.07) is 8.75. The van der Waals surface area contributed by atoms with E-state index in [4.69, 9.17) is 4.42 Å². The predicted molar refractivity (Wildman–Crippen MR) is 92.7 cm³/mol. The number of hydrogen-bond acceptors (Lipinski definition) is 6. The van der Waals surface area contributed by atoms with E-state index in [1.54, 1.807) is 19.1 Å². The van der Waals surface area contributed by atoms with Gasteiger partial charge in [-0.3, -0.25) is 24.3 Å². The highest BCUT2D eigenvalue weighted by atomic mass is 16.6. The van der Waals surface area contributed by atoms with Crippen LogP contribution in [0.15, 0.2) is 58.2 Å². The maximum absolute atomic E-state index is 12.2. The quantitative estimate of drug-likeness (QED) is 0.555. The van der Waals surface area contributed by atoms with Gasteiger partial charge in [-0.1, -0.05) is 0 Å². The first-order chi connectivity index (χ1) is 12.4. The number of carbonyl (C=O) groups is 1. The number of amides is 1. The minimum Gasteiger partial charge on any atom is -0.463 e. The van der Waals surface area contributed by atoms with Crippen LogP contribution in [0, 0.1) is 17.0 Å². The summed E-state index contributed by atoms with van der Waals surface area (Å²) in [5.74, 6) is 0.0109.